The van der Waals surface area contributed by atoms with E-state index >= 15 is 0 Å². The Morgan fingerprint density at radius 1 is 1.33 bits per heavy atom. The third-order valence-corrected chi connectivity index (χ3v) is 3.28. The van der Waals surface area contributed by atoms with E-state index in [0.29, 0.717) is 16.9 Å². The third-order valence-electron chi connectivity index (χ3n) is 3.28. The summed E-state index contributed by atoms with van der Waals surface area (Å²) in [5.74, 6) is 0. The van der Waals surface area contributed by atoms with Gasteiger partial charge in [-0.25, -0.2) is 0 Å². The molecule has 2 aromatic rings. The predicted octanol–water partition coefficient (Wildman–Crippen LogP) is 2.65. The summed E-state index contributed by atoms with van der Waals surface area (Å²) in [5.41, 5.74) is 5.18. The highest BCUT2D eigenvalue weighted by molar-refractivity contribution is 5.88. The monoisotopic (exact) mass is 256 g/mol. The van der Waals surface area contributed by atoms with E-state index in [1.807, 2.05) is 0 Å². The minimum atomic E-state index is -4.26. The van der Waals surface area contributed by atoms with E-state index in [9.17, 15) is 13.2 Å². The first kappa shape index (κ1) is 11.2. The standard InChI is InChI=1S/C11H11F3N4/c12-11(13,14)10(1-2-10)17-9-4-8-6(3-7(9)15)5-16-18-8/h3-5,17H,1-2,15H2,(H,16,18). The van der Waals surface area contributed by atoms with Crippen molar-refractivity contribution in [2.24, 2.45) is 0 Å². The zero-order valence-corrected chi connectivity index (χ0v) is 9.30. The Bertz CT molecular complexity index is 598. The van der Waals surface area contributed by atoms with Crippen LogP contribution < -0.4 is 11.1 Å². The second-order valence-corrected chi connectivity index (χ2v) is 4.60. The molecule has 0 unspecified atom stereocenters. The Morgan fingerprint density at radius 3 is 2.67 bits per heavy atom. The summed E-state index contributed by atoms with van der Waals surface area (Å²) < 4.78 is 38.5. The molecule has 7 heteroatoms. The van der Waals surface area contributed by atoms with Gasteiger partial charge >= 0.3 is 6.18 Å². The molecular formula is C11H11F3N4. The first-order chi connectivity index (χ1) is 8.41. The number of nitrogen functional groups attached to an aromatic ring is 1. The number of anilines is 2. The SMILES string of the molecule is Nc1cc2cn[nH]c2cc1NC1(C(F)(F)F)CC1. The molecule has 96 valence electrons. The van der Waals surface area contributed by atoms with Gasteiger partial charge in [-0.05, 0) is 25.0 Å². The van der Waals surface area contributed by atoms with Crippen LogP contribution in [-0.2, 0) is 0 Å². The van der Waals surface area contributed by atoms with Crippen molar-refractivity contribution in [2.45, 2.75) is 24.6 Å². The number of fused-ring (bicyclic) bond motifs is 1. The summed E-state index contributed by atoms with van der Waals surface area (Å²) in [7, 11) is 0. The fourth-order valence-electron chi connectivity index (χ4n) is 1.98. The van der Waals surface area contributed by atoms with E-state index in [0.717, 1.165) is 5.39 Å². The van der Waals surface area contributed by atoms with Gasteiger partial charge in [-0.1, -0.05) is 0 Å². The predicted molar refractivity (Wildman–Crippen MR) is 62.1 cm³/mol. The minimum Gasteiger partial charge on any atom is -0.397 e. The van der Waals surface area contributed by atoms with E-state index in [-0.39, 0.29) is 12.8 Å². The van der Waals surface area contributed by atoms with Crippen LogP contribution in [0.3, 0.4) is 0 Å². The average molecular weight is 256 g/mol. The number of halogens is 3. The highest BCUT2D eigenvalue weighted by atomic mass is 19.4. The molecule has 1 aromatic carbocycles. The molecular weight excluding hydrogens is 245 g/mol. The number of nitrogens with zero attached hydrogens (tertiary/aromatic N) is 1. The van der Waals surface area contributed by atoms with Gasteiger partial charge in [0.15, 0.2) is 0 Å². The molecule has 18 heavy (non-hydrogen) atoms. The van der Waals surface area contributed by atoms with Gasteiger partial charge in [0.05, 0.1) is 23.1 Å². The van der Waals surface area contributed by atoms with E-state index in [2.05, 4.69) is 15.5 Å². The van der Waals surface area contributed by atoms with Crippen molar-refractivity contribution in [1.29, 1.82) is 0 Å². The third kappa shape index (κ3) is 1.58. The van der Waals surface area contributed by atoms with Crippen LogP contribution in [0.4, 0.5) is 24.5 Å². The molecule has 0 spiro atoms. The number of nitrogens with two attached hydrogens (primary N) is 1. The van der Waals surface area contributed by atoms with Gasteiger partial charge in [-0.3, -0.25) is 5.10 Å². The summed E-state index contributed by atoms with van der Waals surface area (Å²) in [6, 6.07) is 3.16. The maximum absolute atomic E-state index is 12.8. The molecule has 0 bridgehead atoms. The molecule has 0 aliphatic heterocycles. The van der Waals surface area contributed by atoms with Crippen molar-refractivity contribution in [2.75, 3.05) is 11.1 Å². The van der Waals surface area contributed by atoms with Crippen LogP contribution in [0.2, 0.25) is 0 Å². The van der Waals surface area contributed by atoms with Crippen LogP contribution in [0.15, 0.2) is 18.3 Å². The molecule has 4 nitrogen and oxygen atoms in total. The molecule has 1 heterocycles. The molecule has 0 radical (unpaired) electrons. The van der Waals surface area contributed by atoms with E-state index in [1.54, 1.807) is 18.3 Å². The number of rotatable bonds is 2. The zero-order valence-electron chi connectivity index (χ0n) is 9.30. The fourth-order valence-corrected chi connectivity index (χ4v) is 1.98. The number of hydrogen-bond donors (Lipinski definition) is 3. The quantitative estimate of drug-likeness (QED) is 0.723. The van der Waals surface area contributed by atoms with E-state index in [1.165, 1.54) is 0 Å². The first-order valence-corrected chi connectivity index (χ1v) is 5.49. The fraction of sp³-hybridized carbons (Fsp3) is 0.364. The van der Waals surface area contributed by atoms with E-state index < -0.39 is 11.7 Å². The molecule has 0 amide bonds. The van der Waals surface area contributed by atoms with Gasteiger partial charge in [0.2, 0.25) is 0 Å². The van der Waals surface area contributed by atoms with Gasteiger partial charge in [0.1, 0.15) is 5.54 Å². The summed E-state index contributed by atoms with van der Waals surface area (Å²) in [6.07, 6.45) is -2.53. The van der Waals surface area contributed by atoms with Crippen molar-refractivity contribution in [3.63, 3.8) is 0 Å². The number of nitrogens with one attached hydrogen (secondary N) is 2. The highest BCUT2D eigenvalue weighted by Gasteiger charge is 2.63. The second-order valence-electron chi connectivity index (χ2n) is 4.60. The number of aromatic amines is 1. The van der Waals surface area contributed by atoms with Crippen molar-refractivity contribution in [1.82, 2.24) is 10.2 Å². The Balaban J connectivity index is 1.98. The zero-order chi connectivity index (χ0) is 13.0. The lowest BCUT2D eigenvalue weighted by Crippen LogP contribution is -2.38. The topological polar surface area (TPSA) is 66.7 Å². The molecule has 3 rings (SSSR count). The summed E-state index contributed by atoms with van der Waals surface area (Å²) in [6.45, 7) is 0. The number of benzene rings is 1. The molecule has 4 N–H and O–H groups in total. The Morgan fingerprint density at radius 2 is 2.06 bits per heavy atom. The van der Waals surface area contributed by atoms with Crippen LogP contribution in [0.1, 0.15) is 12.8 Å². The van der Waals surface area contributed by atoms with Crippen LogP contribution in [0.25, 0.3) is 10.9 Å². The minimum absolute atomic E-state index is 0.0803. The molecule has 1 fully saturated rings. The van der Waals surface area contributed by atoms with Gasteiger partial charge in [0, 0.05) is 5.39 Å². The Hall–Kier alpha value is -1.92. The average Bonchev–Trinajstić information content (AvgIpc) is 2.92. The number of aromatic nitrogens is 2. The van der Waals surface area contributed by atoms with Crippen molar-refractivity contribution in [3.8, 4) is 0 Å². The van der Waals surface area contributed by atoms with Gasteiger partial charge in [0.25, 0.3) is 0 Å². The lowest BCUT2D eigenvalue weighted by molar-refractivity contribution is -0.151. The number of alkyl halides is 3. The van der Waals surface area contributed by atoms with Crippen molar-refractivity contribution >= 4 is 22.3 Å². The van der Waals surface area contributed by atoms with Crippen molar-refractivity contribution in [3.05, 3.63) is 18.3 Å². The summed E-state index contributed by atoms with van der Waals surface area (Å²) >= 11 is 0. The molecule has 1 aliphatic carbocycles. The highest BCUT2D eigenvalue weighted by Crippen LogP contribution is 2.51. The van der Waals surface area contributed by atoms with Gasteiger partial charge in [-0.2, -0.15) is 18.3 Å². The Labute approximate surface area is 100 Å². The molecule has 1 aliphatic rings. The maximum Gasteiger partial charge on any atom is 0.411 e. The molecule has 1 aromatic heterocycles. The second kappa shape index (κ2) is 3.30. The lowest BCUT2D eigenvalue weighted by atomic mass is 10.1. The summed E-state index contributed by atoms with van der Waals surface area (Å²) in [5, 5.41) is 9.81. The van der Waals surface area contributed by atoms with Gasteiger partial charge in [-0.15, -0.1) is 0 Å². The van der Waals surface area contributed by atoms with E-state index in [4.69, 9.17) is 5.73 Å². The Kier molecular flexibility index (Phi) is 2.05. The van der Waals surface area contributed by atoms with Crippen LogP contribution in [0, 0.1) is 0 Å². The smallest absolute Gasteiger partial charge is 0.397 e. The number of hydrogen-bond acceptors (Lipinski definition) is 3. The maximum atomic E-state index is 12.8. The van der Waals surface area contributed by atoms with Gasteiger partial charge < -0.3 is 11.1 Å². The molecule has 0 saturated heterocycles. The largest absolute Gasteiger partial charge is 0.411 e. The van der Waals surface area contributed by atoms with Crippen LogP contribution in [0.5, 0.6) is 0 Å². The number of H-pyrrole nitrogens is 1. The molecule has 0 atom stereocenters. The normalized spacial score (nSPS) is 17.9. The summed E-state index contributed by atoms with van der Waals surface area (Å²) in [4.78, 5) is 0. The van der Waals surface area contributed by atoms with Crippen LogP contribution in [-0.4, -0.2) is 21.9 Å². The first-order valence-electron chi connectivity index (χ1n) is 5.49. The molecule has 1 saturated carbocycles. The van der Waals surface area contributed by atoms with Crippen molar-refractivity contribution < 1.29 is 13.2 Å². The van der Waals surface area contributed by atoms with Crippen LogP contribution >= 0.6 is 0 Å². The lowest BCUT2D eigenvalue weighted by Gasteiger charge is -2.22.